The third-order valence-corrected chi connectivity index (χ3v) is 3.79. The molecule has 0 saturated heterocycles. The Labute approximate surface area is 110 Å². The maximum atomic E-state index is 12.2. The molecule has 19 heavy (non-hydrogen) atoms. The van der Waals surface area contributed by atoms with E-state index in [1.54, 1.807) is 0 Å². The van der Waals surface area contributed by atoms with Crippen LogP contribution in [0, 0.1) is 10.1 Å². The Balaban J connectivity index is 2.28. The van der Waals surface area contributed by atoms with Gasteiger partial charge in [-0.25, -0.2) is 0 Å². The number of amides is 1. The first-order chi connectivity index (χ1) is 8.97. The van der Waals surface area contributed by atoms with Crippen molar-refractivity contribution in [1.29, 1.82) is 0 Å². The summed E-state index contributed by atoms with van der Waals surface area (Å²) in [5.41, 5.74) is -0.623. The van der Waals surface area contributed by atoms with Crippen molar-refractivity contribution in [2.45, 2.75) is 38.1 Å². The summed E-state index contributed by atoms with van der Waals surface area (Å²) in [7, 11) is 0. The van der Waals surface area contributed by atoms with Gasteiger partial charge >= 0.3 is 0 Å². The molecular weight excluding hydrogens is 248 g/mol. The fraction of sp³-hybridized carbons (Fsp3) is 0.462. The average molecular weight is 264 g/mol. The van der Waals surface area contributed by atoms with Crippen molar-refractivity contribution in [1.82, 2.24) is 5.32 Å². The molecule has 1 amide bonds. The van der Waals surface area contributed by atoms with Crippen molar-refractivity contribution < 1.29 is 14.8 Å². The van der Waals surface area contributed by atoms with Crippen molar-refractivity contribution in [3.63, 3.8) is 0 Å². The number of phenols is 1. The van der Waals surface area contributed by atoms with Crippen molar-refractivity contribution in [3.8, 4) is 5.75 Å². The van der Waals surface area contributed by atoms with E-state index in [-0.39, 0.29) is 22.5 Å². The van der Waals surface area contributed by atoms with Crippen molar-refractivity contribution in [2.24, 2.45) is 0 Å². The average Bonchev–Trinajstić information content (AvgIpc) is 2.33. The molecule has 0 unspecified atom stereocenters. The molecule has 6 nitrogen and oxygen atoms in total. The summed E-state index contributed by atoms with van der Waals surface area (Å²) in [6.45, 7) is 1.98. The second kappa shape index (κ2) is 4.87. The molecule has 0 spiro atoms. The number of phenolic OH excluding ortho intramolecular Hbond substituents is 1. The molecule has 1 aliphatic rings. The van der Waals surface area contributed by atoms with E-state index in [2.05, 4.69) is 5.32 Å². The molecule has 0 bridgehead atoms. The minimum atomic E-state index is -0.617. The number of hydrogen-bond donors (Lipinski definition) is 2. The van der Waals surface area contributed by atoms with Gasteiger partial charge in [0.15, 0.2) is 0 Å². The van der Waals surface area contributed by atoms with Crippen LogP contribution in [0.25, 0.3) is 0 Å². The smallest absolute Gasteiger partial charge is 0.282 e. The van der Waals surface area contributed by atoms with Gasteiger partial charge in [0.05, 0.1) is 4.92 Å². The molecule has 2 rings (SSSR count). The number of nitrogens with one attached hydrogen (secondary N) is 1. The lowest BCUT2D eigenvalue weighted by Crippen LogP contribution is -2.53. The van der Waals surface area contributed by atoms with Gasteiger partial charge in [-0.1, -0.05) is 6.92 Å². The highest BCUT2D eigenvalue weighted by atomic mass is 16.6. The zero-order valence-electron chi connectivity index (χ0n) is 10.7. The van der Waals surface area contributed by atoms with Gasteiger partial charge in [0, 0.05) is 11.6 Å². The maximum absolute atomic E-state index is 12.2. The van der Waals surface area contributed by atoms with Crippen molar-refractivity contribution in [3.05, 3.63) is 33.9 Å². The Kier molecular flexibility index (Phi) is 3.42. The second-order valence-corrected chi connectivity index (χ2v) is 4.90. The Bertz CT molecular complexity index is 518. The minimum Gasteiger partial charge on any atom is -0.508 e. The summed E-state index contributed by atoms with van der Waals surface area (Å²) in [5, 5.41) is 23.2. The number of nitrogens with zero attached hydrogens (tertiary/aromatic N) is 1. The number of hydrogen-bond acceptors (Lipinski definition) is 4. The van der Waals surface area contributed by atoms with Crippen LogP contribution in [0.5, 0.6) is 5.75 Å². The van der Waals surface area contributed by atoms with Gasteiger partial charge in [0.25, 0.3) is 11.6 Å². The molecule has 102 valence electrons. The van der Waals surface area contributed by atoms with Crippen LogP contribution in [0.3, 0.4) is 0 Å². The van der Waals surface area contributed by atoms with Crippen LogP contribution in [-0.2, 0) is 0 Å². The molecule has 1 fully saturated rings. The van der Waals surface area contributed by atoms with Gasteiger partial charge < -0.3 is 10.4 Å². The van der Waals surface area contributed by atoms with E-state index in [4.69, 9.17) is 0 Å². The third-order valence-electron chi connectivity index (χ3n) is 3.79. The minimum absolute atomic E-state index is 0.0928. The number of carbonyl (C=O) groups is 1. The zero-order valence-corrected chi connectivity index (χ0v) is 10.7. The number of nitro groups is 1. The summed E-state index contributed by atoms with van der Waals surface area (Å²) in [6.07, 6.45) is 3.63. The molecular formula is C13H16N2O4. The van der Waals surface area contributed by atoms with Gasteiger partial charge in [0.2, 0.25) is 0 Å². The van der Waals surface area contributed by atoms with E-state index >= 15 is 0 Å². The van der Waals surface area contributed by atoms with Crippen LogP contribution in [0.15, 0.2) is 18.2 Å². The van der Waals surface area contributed by atoms with E-state index in [1.165, 1.54) is 6.07 Å². The highest BCUT2D eigenvalue weighted by Gasteiger charge is 2.37. The van der Waals surface area contributed by atoms with E-state index in [0.29, 0.717) is 0 Å². The van der Waals surface area contributed by atoms with E-state index < -0.39 is 10.8 Å². The van der Waals surface area contributed by atoms with Crippen LogP contribution < -0.4 is 5.32 Å². The summed E-state index contributed by atoms with van der Waals surface area (Å²) >= 11 is 0. The number of benzene rings is 1. The Hall–Kier alpha value is -2.11. The molecule has 0 heterocycles. The highest BCUT2D eigenvalue weighted by molar-refractivity contribution is 5.99. The normalized spacial score (nSPS) is 16.5. The predicted octanol–water partition coefficient (Wildman–Crippen LogP) is 2.36. The van der Waals surface area contributed by atoms with Crippen LogP contribution >= 0.6 is 0 Å². The summed E-state index contributed by atoms with van der Waals surface area (Å²) in [5.74, 6) is -0.654. The quantitative estimate of drug-likeness (QED) is 0.645. The molecule has 1 aliphatic carbocycles. The van der Waals surface area contributed by atoms with Gasteiger partial charge in [-0.2, -0.15) is 0 Å². The lowest BCUT2D eigenvalue weighted by atomic mass is 9.74. The SMILES string of the molecule is CCC1(NC(=O)c2cc(O)ccc2[N+](=O)[O-])CCC1. The van der Waals surface area contributed by atoms with Gasteiger partial charge in [-0.15, -0.1) is 0 Å². The molecule has 0 radical (unpaired) electrons. The molecule has 1 aromatic carbocycles. The van der Waals surface area contributed by atoms with Gasteiger partial charge in [0.1, 0.15) is 11.3 Å². The second-order valence-electron chi connectivity index (χ2n) is 4.90. The predicted molar refractivity (Wildman–Crippen MR) is 69.1 cm³/mol. The molecule has 1 saturated carbocycles. The first-order valence-corrected chi connectivity index (χ1v) is 6.27. The molecule has 2 N–H and O–H groups in total. The first kappa shape index (κ1) is 13.3. The standard InChI is InChI=1S/C13H16N2O4/c1-2-13(6-3-7-13)14-12(17)10-8-9(16)4-5-11(10)15(18)19/h4-5,8,16H,2-3,6-7H2,1H3,(H,14,17). The summed E-state index contributed by atoms with van der Waals surface area (Å²) < 4.78 is 0. The van der Waals surface area contributed by atoms with Gasteiger partial charge in [-0.05, 0) is 37.8 Å². The zero-order chi connectivity index (χ0) is 14.0. The lowest BCUT2D eigenvalue weighted by Gasteiger charge is -2.41. The van der Waals surface area contributed by atoms with E-state index in [9.17, 15) is 20.0 Å². The van der Waals surface area contributed by atoms with Crippen molar-refractivity contribution >= 4 is 11.6 Å². The largest absolute Gasteiger partial charge is 0.508 e. The fourth-order valence-electron chi connectivity index (χ4n) is 2.34. The molecule has 0 aromatic heterocycles. The Morgan fingerprint density at radius 2 is 2.21 bits per heavy atom. The first-order valence-electron chi connectivity index (χ1n) is 6.27. The Morgan fingerprint density at radius 3 is 2.68 bits per heavy atom. The number of carbonyl (C=O) groups excluding carboxylic acids is 1. The van der Waals surface area contributed by atoms with Crippen LogP contribution in [0.1, 0.15) is 43.0 Å². The van der Waals surface area contributed by atoms with Crippen LogP contribution in [0.4, 0.5) is 5.69 Å². The third kappa shape index (κ3) is 2.52. The van der Waals surface area contributed by atoms with Crippen LogP contribution in [0.2, 0.25) is 0 Å². The number of rotatable bonds is 4. The molecule has 1 aromatic rings. The van der Waals surface area contributed by atoms with E-state index in [0.717, 1.165) is 37.8 Å². The molecule has 0 aliphatic heterocycles. The topological polar surface area (TPSA) is 92.5 Å². The fourth-order valence-corrected chi connectivity index (χ4v) is 2.34. The molecule has 0 atom stereocenters. The summed E-state index contributed by atoms with van der Waals surface area (Å²) in [4.78, 5) is 22.4. The van der Waals surface area contributed by atoms with Gasteiger partial charge in [-0.3, -0.25) is 14.9 Å². The van der Waals surface area contributed by atoms with Crippen molar-refractivity contribution in [2.75, 3.05) is 0 Å². The number of nitro benzene ring substituents is 1. The Morgan fingerprint density at radius 1 is 1.53 bits per heavy atom. The lowest BCUT2D eigenvalue weighted by molar-refractivity contribution is -0.385. The maximum Gasteiger partial charge on any atom is 0.282 e. The van der Waals surface area contributed by atoms with Crippen LogP contribution in [-0.4, -0.2) is 21.5 Å². The monoisotopic (exact) mass is 264 g/mol. The highest BCUT2D eigenvalue weighted by Crippen LogP contribution is 2.35. The van der Waals surface area contributed by atoms with E-state index in [1.807, 2.05) is 6.92 Å². The summed E-state index contributed by atoms with van der Waals surface area (Å²) in [6, 6.07) is 3.48. The molecule has 6 heteroatoms. The number of aromatic hydroxyl groups is 1.